The average Bonchev–Trinajstić information content (AvgIpc) is 2.92. The number of aldehydes is 1. The van der Waals surface area contributed by atoms with Crippen LogP contribution in [-0.2, 0) is 11.3 Å². The number of carbonyl (C=O) groups is 2. The van der Waals surface area contributed by atoms with Crippen molar-refractivity contribution < 1.29 is 18.7 Å². The van der Waals surface area contributed by atoms with Crippen LogP contribution in [0.5, 0.6) is 0 Å². The second kappa shape index (κ2) is 6.63. The summed E-state index contributed by atoms with van der Waals surface area (Å²) < 4.78 is 10.9. The summed E-state index contributed by atoms with van der Waals surface area (Å²) in [7, 11) is 0. The molecule has 0 saturated carbocycles. The molecule has 6 nitrogen and oxygen atoms in total. The van der Waals surface area contributed by atoms with Gasteiger partial charge in [0.05, 0.1) is 6.54 Å². The molecule has 0 atom stereocenters. The summed E-state index contributed by atoms with van der Waals surface area (Å²) in [6, 6.07) is 9.28. The molecule has 1 aliphatic rings. The Morgan fingerprint density at radius 1 is 1.28 bits per heavy atom. The lowest BCUT2D eigenvalue weighted by Crippen LogP contribution is -2.37. The monoisotopic (exact) mass is 342 g/mol. The molecule has 1 aromatic carbocycles. The van der Waals surface area contributed by atoms with E-state index in [1.807, 2.05) is 39.0 Å². The maximum absolute atomic E-state index is 12.3. The van der Waals surface area contributed by atoms with Gasteiger partial charge in [-0.25, -0.2) is 4.79 Å². The fourth-order valence-corrected chi connectivity index (χ4v) is 2.70. The lowest BCUT2D eigenvalue weighted by atomic mass is 10.1. The highest BCUT2D eigenvalue weighted by Crippen LogP contribution is 2.29. The highest BCUT2D eigenvalue weighted by atomic mass is 16.6. The summed E-state index contributed by atoms with van der Waals surface area (Å²) in [6.45, 7) is 7.26. The summed E-state index contributed by atoms with van der Waals surface area (Å²) in [5.74, 6) is 0.939. The Labute approximate surface area is 146 Å². The molecule has 1 amide bonds. The normalized spacial score (nSPS) is 14.3. The van der Waals surface area contributed by atoms with Gasteiger partial charge in [-0.05, 0) is 44.5 Å². The standard InChI is InChI=1S/C19H22N2O4/c1-19(2,3)25-18(23)21-9-8-20-16-10-13(4-5-14(16)11-21)17-7-6-15(12-22)24-17/h4-7,10,12,20H,8-9,11H2,1-3H3. The third-order valence-electron chi connectivity index (χ3n) is 3.85. The van der Waals surface area contributed by atoms with Gasteiger partial charge in [-0.2, -0.15) is 0 Å². The molecule has 0 bridgehead atoms. The lowest BCUT2D eigenvalue weighted by molar-refractivity contribution is 0.0245. The van der Waals surface area contributed by atoms with Crippen LogP contribution in [0.15, 0.2) is 34.7 Å². The van der Waals surface area contributed by atoms with Gasteiger partial charge in [0.2, 0.25) is 0 Å². The van der Waals surface area contributed by atoms with Crippen LogP contribution in [0.4, 0.5) is 10.5 Å². The molecule has 0 fully saturated rings. The predicted molar refractivity (Wildman–Crippen MR) is 94.7 cm³/mol. The van der Waals surface area contributed by atoms with Crippen molar-refractivity contribution in [3.8, 4) is 11.3 Å². The molecule has 0 radical (unpaired) electrons. The minimum absolute atomic E-state index is 0.300. The summed E-state index contributed by atoms with van der Waals surface area (Å²) in [6.07, 6.45) is 0.372. The number of rotatable bonds is 2. The number of fused-ring (bicyclic) bond motifs is 1. The van der Waals surface area contributed by atoms with E-state index < -0.39 is 5.60 Å². The van der Waals surface area contributed by atoms with Crippen LogP contribution in [-0.4, -0.2) is 36.0 Å². The molecule has 0 saturated heterocycles. The maximum Gasteiger partial charge on any atom is 0.410 e. The fraction of sp³-hybridized carbons (Fsp3) is 0.368. The Morgan fingerprint density at radius 3 is 2.76 bits per heavy atom. The number of anilines is 1. The van der Waals surface area contributed by atoms with E-state index in [2.05, 4.69) is 5.32 Å². The first-order chi connectivity index (χ1) is 11.9. The van der Waals surface area contributed by atoms with Gasteiger partial charge in [0.15, 0.2) is 12.0 Å². The van der Waals surface area contributed by atoms with E-state index in [0.717, 1.165) is 16.8 Å². The van der Waals surface area contributed by atoms with Gasteiger partial charge in [-0.1, -0.05) is 12.1 Å². The number of nitrogens with one attached hydrogen (secondary N) is 1. The average molecular weight is 342 g/mol. The molecule has 6 heteroatoms. The zero-order valence-corrected chi connectivity index (χ0v) is 14.7. The first-order valence-electron chi connectivity index (χ1n) is 8.26. The van der Waals surface area contributed by atoms with Gasteiger partial charge in [0.1, 0.15) is 11.4 Å². The van der Waals surface area contributed by atoms with Crippen molar-refractivity contribution in [3.05, 3.63) is 41.7 Å². The molecule has 0 aliphatic carbocycles. The largest absolute Gasteiger partial charge is 0.453 e. The molecule has 25 heavy (non-hydrogen) atoms. The smallest absolute Gasteiger partial charge is 0.410 e. The van der Waals surface area contributed by atoms with E-state index in [1.165, 1.54) is 0 Å². The zero-order valence-electron chi connectivity index (χ0n) is 14.7. The van der Waals surface area contributed by atoms with Gasteiger partial charge in [-0.3, -0.25) is 4.79 Å². The zero-order chi connectivity index (χ0) is 18.0. The summed E-state index contributed by atoms with van der Waals surface area (Å²) in [5.41, 5.74) is 2.32. The molecule has 2 heterocycles. The van der Waals surface area contributed by atoms with E-state index >= 15 is 0 Å². The van der Waals surface area contributed by atoms with Crippen molar-refractivity contribution >= 4 is 18.1 Å². The van der Waals surface area contributed by atoms with Crippen LogP contribution >= 0.6 is 0 Å². The van der Waals surface area contributed by atoms with E-state index in [-0.39, 0.29) is 6.09 Å². The summed E-state index contributed by atoms with van der Waals surface area (Å²) in [4.78, 5) is 24.8. The molecule has 0 unspecified atom stereocenters. The Bertz CT molecular complexity index is 789. The Balaban J connectivity index is 1.81. The van der Waals surface area contributed by atoms with E-state index in [4.69, 9.17) is 9.15 Å². The van der Waals surface area contributed by atoms with E-state index in [1.54, 1.807) is 17.0 Å². The van der Waals surface area contributed by atoms with Gasteiger partial charge < -0.3 is 19.4 Å². The molecule has 132 valence electrons. The molecular formula is C19H22N2O4. The second-order valence-electron chi connectivity index (χ2n) is 7.02. The van der Waals surface area contributed by atoms with E-state index in [9.17, 15) is 9.59 Å². The maximum atomic E-state index is 12.3. The Kier molecular flexibility index (Phi) is 4.53. The molecule has 1 aromatic heterocycles. The van der Waals surface area contributed by atoms with Crippen molar-refractivity contribution in [1.82, 2.24) is 4.90 Å². The Hall–Kier alpha value is -2.76. The minimum Gasteiger partial charge on any atom is -0.453 e. The molecule has 0 spiro atoms. The third kappa shape index (κ3) is 4.02. The van der Waals surface area contributed by atoms with E-state index in [0.29, 0.717) is 37.4 Å². The molecule has 1 aliphatic heterocycles. The Morgan fingerprint density at radius 2 is 2.08 bits per heavy atom. The topological polar surface area (TPSA) is 71.8 Å². The fourth-order valence-electron chi connectivity index (χ4n) is 2.70. The van der Waals surface area contributed by atoms with Gasteiger partial charge in [-0.15, -0.1) is 0 Å². The number of furan rings is 1. The van der Waals surface area contributed by atoms with Gasteiger partial charge in [0, 0.05) is 24.3 Å². The quantitative estimate of drug-likeness (QED) is 0.838. The number of carbonyl (C=O) groups excluding carboxylic acids is 2. The molecule has 1 N–H and O–H groups in total. The first-order valence-corrected chi connectivity index (χ1v) is 8.26. The van der Waals surface area contributed by atoms with Crippen molar-refractivity contribution in [1.29, 1.82) is 0 Å². The first kappa shape index (κ1) is 17.1. The second-order valence-corrected chi connectivity index (χ2v) is 7.02. The van der Waals surface area contributed by atoms with Crippen LogP contribution in [0.2, 0.25) is 0 Å². The van der Waals surface area contributed by atoms with Crippen molar-refractivity contribution in [3.63, 3.8) is 0 Å². The molecular weight excluding hydrogens is 320 g/mol. The number of nitrogens with zero attached hydrogens (tertiary/aromatic N) is 1. The molecule has 2 aromatic rings. The highest BCUT2D eigenvalue weighted by Gasteiger charge is 2.24. The van der Waals surface area contributed by atoms with Gasteiger partial charge in [0.25, 0.3) is 0 Å². The van der Waals surface area contributed by atoms with Crippen molar-refractivity contribution in [2.24, 2.45) is 0 Å². The van der Waals surface area contributed by atoms with Crippen LogP contribution in [0.1, 0.15) is 36.9 Å². The van der Waals surface area contributed by atoms with Crippen molar-refractivity contribution in [2.75, 3.05) is 18.4 Å². The number of benzene rings is 1. The van der Waals surface area contributed by atoms with Crippen molar-refractivity contribution in [2.45, 2.75) is 32.9 Å². The van der Waals surface area contributed by atoms with Crippen LogP contribution in [0, 0.1) is 0 Å². The third-order valence-corrected chi connectivity index (χ3v) is 3.85. The van der Waals surface area contributed by atoms with Crippen LogP contribution < -0.4 is 5.32 Å². The van der Waals surface area contributed by atoms with Crippen LogP contribution in [0.3, 0.4) is 0 Å². The predicted octanol–water partition coefficient (Wildman–Crippen LogP) is 3.92. The lowest BCUT2D eigenvalue weighted by Gasteiger charge is -2.26. The molecule has 3 rings (SSSR count). The summed E-state index contributed by atoms with van der Waals surface area (Å²) in [5, 5.41) is 3.34. The van der Waals surface area contributed by atoms with Crippen LogP contribution in [0.25, 0.3) is 11.3 Å². The summed E-state index contributed by atoms with van der Waals surface area (Å²) >= 11 is 0. The SMILES string of the molecule is CC(C)(C)OC(=O)N1CCNc2cc(-c3ccc(C=O)o3)ccc2C1. The number of amides is 1. The number of ether oxygens (including phenoxy) is 1. The number of hydrogen-bond donors (Lipinski definition) is 1. The minimum atomic E-state index is -0.515. The van der Waals surface area contributed by atoms with Gasteiger partial charge >= 0.3 is 6.09 Å². The highest BCUT2D eigenvalue weighted by molar-refractivity contribution is 5.74. The number of hydrogen-bond acceptors (Lipinski definition) is 5.